The summed E-state index contributed by atoms with van der Waals surface area (Å²) in [7, 11) is 0. The van der Waals surface area contributed by atoms with Crippen molar-refractivity contribution in [1.29, 1.82) is 0 Å². The maximum Gasteiger partial charge on any atom is 0.410 e. The Morgan fingerprint density at radius 2 is 2.00 bits per heavy atom. The molecule has 0 unspecified atom stereocenters. The van der Waals surface area contributed by atoms with Crippen molar-refractivity contribution in [3.8, 4) is 11.5 Å². The molecular formula is C17H22N2O5. The first kappa shape index (κ1) is 16.4. The van der Waals surface area contributed by atoms with Gasteiger partial charge in [-0.1, -0.05) is 0 Å². The molecule has 2 aliphatic rings. The zero-order chi connectivity index (χ0) is 17.3. The van der Waals surface area contributed by atoms with Crippen molar-refractivity contribution in [2.75, 3.05) is 18.7 Å². The molecule has 24 heavy (non-hydrogen) atoms. The molecule has 0 bridgehead atoms. The summed E-state index contributed by atoms with van der Waals surface area (Å²) in [4.78, 5) is 26.3. The second-order valence-corrected chi connectivity index (χ2v) is 6.89. The minimum atomic E-state index is -0.585. The first-order valence-corrected chi connectivity index (χ1v) is 8.04. The van der Waals surface area contributed by atoms with E-state index >= 15 is 0 Å². The Bertz CT molecular complexity index is 653. The molecule has 0 aliphatic carbocycles. The van der Waals surface area contributed by atoms with Crippen molar-refractivity contribution < 1.29 is 23.8 Å². The fourth-order valence-corrected chi connectivity index (χ4v) is 2.78. The average molecular weight is 334 g/mol. The highest BCUT2D eigenvalue weighted by Crippen LogP contribution is 2.34. The number of nitrogens with one attached hydrogen (secondary N) is 1. The van der Waals surface area contributed by atoms with Gasteiger partial charge in [-0.05, 0) is 45.7 Å². The maximum absolute atomic E-state index is 12.6. The van der Waals surface area contributed by atoms with Crippen LogP contribution in [0, 0.1) is 0 Å². The number of hydrogen-bond donors (Lipinski definition) is 1. The highest BCUT2D eigenvalue weighted by Gasteiger charge is 2.36. The number of benzene rings is 1. The molecule has 1 atom stereocenters. The number of carbonyl (C=O) groups is 2. The van der Waals surface area contributed by atoms with Gasteiger partial charge in [-0.3, -0.25) is 9.69 Å². The lowest BCUT2D eigenvalue weighted by Crippen LogP contribution is -2.45. The lowest BCUT2D eigenvalue weighted by molar-refractivity contribution is -0.120. The summed E-state index contributed by atoms with van der Waals surface area (Å²) in [5.41, 5.74) is 0.0261. The van der Waals surface area contributed by atoms with E-state index in [0.717, 1.165) is 6.42 Å². The fourth-order valence-electron chi connectivity index (χ4n) is 2.78. The lowest BCUT2D eigenvalue weighted by atomic mass is 10.2. The number of nitrogens with zero attached hydrogens (tertiary/aromatic N) is 1. The van der Waals surface area contributed by atoms with E-state index in [9.17, 15) is 9.59 Å². The Kier molecular flexibility index (Phi) is 4.26. The van der Waals surface area contributed by atoms with E-state index in [0.29, 0.717) is 30.2 Å². The maximum atomic E-state index is 12.6. The highest BCUT2D eigenvalue weighted by atomic mass is 16.7. The van der Waals surface area contributed by atoms with Gasteiger partial charge in [-0.15, -0.1) is 0 Å². The highest BCUT2D eigenvalue weighted by molar-refractivity contribution is 5.97. The van der Waals surface area contributed by atoms with Crippen molar-refractivity contribution in [1.82, 2.24) is 4.90 Å². The number of anilines is 1. The third kappa shape index (κ3) is 3.55. The second-order valence-electron chi connectivity index (χ2n) is 6.89. The summed E-state index contributed by atoms with van der Waals surface area (Å²) in [5, 5.41) is 2.84. The van der Waals surface area contributed by atoms with Crippen LogP contribution in [-0.4, -0.2) is 41.9 Å². The Balaban J connectivity index is 1.66. The molecular weight excluding hydrogens is 312 g/mol. The van der Waals surface area contributed by atoms with Crippen LogP contribution in [0.2, 0.25) is 0 Å². The predicted octanol–water partition coefficient (Wildman–Crippen LogP) is 2.75. The van der Waals surface area contributed by atoms with Crippen LogP contribution in [0.5, 0.6) is 11.5 Å². The van der Waals surface area contributed by atoms with Crippen LogP contribution in [0.4, 0.5) is 10.5 Å². The molecule has 1 saturated heterocycles. The minimum absolute atomic E-state index is 0.182. The summed E-state index contributed by atoms with van der Waals surface area (Å²) in [6.45, 7) is 6.13. The summed E-state index contributed by atoms with van der Waals surface area (Å²) in [5.74, 6) is 1.03. The minimum Gasteiger partial charge on any atom is -0.454 e. The molecule has 1 N–H and O–H groups in total. The summed E-state index contributed by atoms with van der Waals surface area (Å²) in [6, 6.07) is 4.69. The molecule has 1 aromatic rings. The quantitative estimate of drug-likeness (QED) is 0.900. The van der Waals surface area contributed by atoms with E-state index in [1.54, 1.807) is 18.2 Å². The van der Waals surface area contributed by atoms with Gasteiger partial charge in [0, 0.05) is 18.3 Å². The van der Waals surface area contributed by atoms with Crippen molar-refractivity contribution in [3.05, 3.63) is 18.2 Å². The van der Waals surface area contributed by atoms with Gasteiger partial charge in [0.2, 0.25) is 12.7 Å². The molecule has 2 heterocycles. The number of carbonyl (C=O) groups excluding carboxylic acids is 2. The molecule has 1 aromatic carbocycles. The fraction of sp³-hybridized carbons (Fsp3) is 0.529. The van der Waals surface area contributed by atoms with Crippen LogP contribution < -0.4 is 14.8 Å². The van der Waals surface area contributed by atoms with E-state index in [4.69, 9.17) is 14.2 Å². The van der Waals surface area contributed by atoms with Crippen molar-refractivity contribution in [3.63, 3.8) is 0 Å². The van der Waals surface area contributed by atoms with E-state index in [-0.39, 0.29) is 12.7 Å². The lowest BCUT2D eigenvalue weighted by Gasteiger charge is -2.28. The SMILES string of the molecule is CC(C)(C)OC(=O)N1CCC[C@H]1C(=O)Nc1ccc2c(c1)OCO2. The third-order valence-electron chi connectivity index (χ3n) is 3.82. The first-order chi connectivity index (χ1) is 11.3. The number of ether oxygens (including phenoxy) is 3. The number of fused-ring (bicyclic) bond motifs is 1. The van der Waals surface area contributed by atoms with Crippen LogP contribution in [-0.2, 0) is 9.53 Å². The van der Waals surface area contributed by atoms with Crippen LogP contribution >= 0.6 is 0 Å². The monoisotopic (exact) mass is 334 g/mol. The molecule has 0 aromatic heterocycles. The largest absolute Gasteiger partial charge is 0.454 e. The summed E-state index contributed by atoms with van der Waals surface area (Å²) in [6.07, 6.45) is 0.944. The van der Waals surface area contributed by atoms with Gasteiger partial charge in [-0.2, -0.15) is 0 Å². The van der Waals surface area contributed by atoms with Crippen molar-refractivity contribution >= 4 is 17.7 Å². The number of likely N-dealkylation sites (tertiary alicyclic amines) is 1. The predicted molar refractivity (Wildman–Crippen MR) is 87.2 cm³/mol. The van der Waals surface area contributed by atoms with E-state index in [1.165, 1.54) is 4.90 Å². The summed E-state index contributed by atoms with van der Waals surface area (Å²) < 4.78 is 15.9. The normalized spacial score (nSPS) is 19.3. The molecule has 3 rings (SSSR count). The molecule has 130 valence electrons. The van der Waals surface area contributed by atoms with E-state index < -0.39 is 17.7 Å². The standard InChI is InChI=1S/C17H22N2O5/c1-17(2,3)24-16(21)19-8-4-5-12(19)15(20)18-11-6-7-13-14(9-11)23-10-22-13/h6-7,9,12H,4-5,8,10H2,1-3H3,(H,18,20)/t12-/m0/s1. The van der Waals surface area contributed by atoms with Gasteiger partial charge >= 0.3 is 6.09 Å². The van der Waals surface area contributed by atoms with E-state index in [2.05, 4.69) is 5.32 Å². The van der Waals surface area contributed by atoms with Gasteiger partial charge < -0.3 is 19.5 Å². The van der Waals surface area contributed by atoms with Gasteiger partial charge in [0.05, 0.1) is 0 Å². The molecule has 2 aliphatic heterocycles. The Labute approximate surface area is 140 Å². The third-order valence-corrected chi connectivity index (χ3v) is 3.82. The number of hydrogen-bond acceptors (Lipinski definition) is 5. The molecule has 7 nitrogen and oxygen atoms in total. The average Bonchev–Trinajstić information content (AvgIpc) is 3.14. The number of rotatable bonds is 2. The molecule has 0 spiro atoms. The van der Waals surface area contributed by atoms with Gasteiger partial charge in [0.1, 0.15) is 11.6 Å². The molecule has 1 fully saturated rings. The van der Waals surface area contributed by atoms with Crippen LogP contribution in [0.15, 0.2) is 18.2 Å². The molecule has 7 heteroatoms. The van der Waals surface area contributed by atoms with Crippen LogP contribution in [0.25, 0.3) is 0 Å². The zero-order valence-corrected chi connectivity index (χ0v) is 14.1. The van der Waals surface area contributed by atoms with Gasteiger partial charge in [0.25, 0.3) is 0 Å². The Morgan fingerprint density at radius 3 is 2.75 bits per heavy atom. The molecule has 2 amide bonds. The smallest absolute Gasteiger partial charge is 0.410 e. The van der Waals surface area contributed by atoms with E-state index in [1.807, 2.05) is 20.8 Å². The Morgan fingerprint density at radius 1 is 1.25 bits per heavy atom. The second kappa shape index (κ2) is 6.22. The first-order valence-electron chi connectivity index (χ1n) is 8.04. The Hall–Kier alpha value is -2.44. The van der Waals surface area contributed by atoms with Crippen LogP contribution in [0.1, 0.15) is 33.6 Å². The van der Waals surface area contributed by atoms with Crippen LogP contribution in [0.3, 0.4) is 0 Å². The molecule has 0 radical (unpaired) electrons. The summed E-state index contributed by atoms with van der Waals surface area (Å²) >= 11 is 0. The zero-order valence-electron chi connectivity index (χ0n) is 14.1. The van der Waals surface area contributed by atoms with Gasteiger partial charge in [-0.25, -0.2) is 4.79 Å². The van der Waals surface area contributed by atoms with Crippen molar-refractivity contribution in [2.24, 2.45) is 0 Å². The van der Waals surface area contributed by atoms with Crippen molar-refractivity contribution in [2.45, 2.75) is 45.3 Å². The van der Waals surface area contributed by atoms with Gasteiger partial charge in [0.15, 0.2) is 11.5 Å². The molecule has 0 saturated carbocycles. The topological polar surface area (TPSA) is 77.1 Å². The number of amides is 2.